The van der Waals surface area contributed by atoms with Crippen LogP contribution in [0.3, 0.4) is 0 Å². The zero-order valence-electron chi connectivity index (χ0n) is 14.3. The van der Waals surface area contributed by atoms with Gasteiger partial charge < -0.3 is 19.5 Å². The minimum atomic E-state index is -1.02. The zero-order valence-corrected chi connectivity index (χ0v) is 14.3. The summed E-state index contributed by atoms with van der Waals surface area (Å²) in [5, 5.41) is 11.7. The van der Waals surface area contributed by atoms with Crippen LogP contribution in [0.4, 0.5) is 0 Å². The highest BCUT2D eigenvalue weighted by molar-refractivity contribution is 5.81. The van der Waals surface area contributed by atoms with Gasteiger partial charge in [0.25, 0.3) is 5.91 Å². The number of rotatable bonds is 8. The van der Waals surface area contributed by atoms with E-state index >= 15 is 0 Å². The molecular weight excluding hydrogens is 312 g/mol. The molecular formula is C17H22N2O5. The summed E-state index contributed by atoms with van der Waals surface area (Å²) >= 11 is 0. The molecule has 24 heavy (non-hydrogen) atoms. The fourth-order valence-corrected chi connectivity index (χ4v) is 1.69. The topological polar surface area (TPSA) is 97.7 Å². The summed E-state index contributed by atoms with van der Waals surface area (Å²) in [7, 11) is 1.49. The van der Waals surface area contributed by atoms with Crippen LogP contribution in [0, 0.1) is 17.2 Å². The van der Waals surface area contributed by atoms with Gasteiger partial charge in [-0.05, 0) is 25.0 Å². The maximum Gasteiger partial charge on any atom is 0.344 e. The van der Waals surface area contributed by atoms with Crippen molar-refractivity contribution in [3.8, 4) is 17.6 Å². The van der Waals surface area contributed by atoms with Gasteiger partial charge in [-0.25, -0.2) is 4.79 Å². The molecule has 0 unspecified atom stereocenters. The van der Waals surface area contributed by atoms with E-state index in [2.05, 4.69) is 5.32 Å². The first-order chi connectivity index (χ1) is 11.3. The van der Waals surface area contributed by atoms with E-state index in [4.69, 9.17) is 19.5 Å². The minimum absolute atomic E-state index is 0.0870. The molecule has 0 radical (unpaired) electrons. The van der Waals surface area contributed by atoms with Crippen molar-refractivity contribution in [2.24, 2.45) is 5.92 Å². The van der Waals surface area contributed by atoms with Crippen molar-refractivity contribution in [1.29, 1.82) is 5.26 Å². The average Bonchev–Trinajstić information content (AvgIpc) is 2.57. The average molecular weight is 334 g/mol. The van der Waals surface area contributed by atoms with E-state index in [9.17, 15) is 9.59 Å². The fraction of sp³-hybridized carbons (Fsp3) is 0.471. The van der Waals surface area contributed by atoms with E-state index < -0.39 is 24.0 Å². The molecule has 0 bridgehead atoms. The van der Waals surface area contributed by atoms with Crippen molar-refractivity contribution < 1.29 is 23.8 Å². The Balaban J connectivity index is 2.44. The van der Waals surface area contributed by atoms with Crippen molar-refractivity contribution in [1.82, 2.24) is 5.32 Å². The number of carbonyl (C=O) groups excluding carboxylic acids is 2. The Morgan fingerprint density at radius 3 is 2.42 bits per heavy atom. The van der Waals surface area contributed by atoms with Gasteiger partial charge in [0.1, 0.15) is 5.54 Å². The second kappa shape index (κ2) is 8.77. The molecule has 0 aromatic heterocycles. The van der Waals surface area contributed by atoms with Crippen LogP contribution in [-0.2, 0) is 14.3 Å². The van der Waals surface area contributed by atoms with E-state index in [0.717, 1.165) is 0 Å². The van der Waals surface area contributed by atoms with E-state index in [1.165, 1.54) is 7.11 Å². The molecule has 1 amide bonds. The summed E-state index contributed by atoms with van der Waals surface area (Å²) in [5.41, 5.74) is -1.02. The Hall–Kier alpha value is -2.75. The second-order valence-electron chi connectivity index (χ2n) is 5.62. The van der Waals surface area contributed by atoms with Crippen LogP contribution < -0.4 is 14.8 Å². The first-order valence-corrected chi connectivity index (χ1v) is 7.46. The smallest absolute Gasteiger partial charge is 0.344 e. The van der Waals surface area contributed by atoms with Gasteiger partial charge in [-0.15, -0.1) is 0 Å². The van der Waals surface area contributed by atoms with Crippen LogP contribution in [0.2, 0.25) is 0 Å². The number of para-hydroxylation sites is 2. The summed E-state index contributed by atoms with van der Waals surface area (Å²) < 4.78 is 15.2. The highest BCUT2D eigenvalue weighted by atomic mass is 16.6. The molecule has 0 aliphatic carbocycles. The summed E-state index contributed by atoms with van der Waals surface area (Å²) in [6.07, 6.45) is 0. The second-order valence-corrected chi connectivity index (χ2v) is 5.62. The van der Waals surface area contributed by atoms with E-state index in [1.54, 1.807) is 31.2 Å². The molecule has 0 fully saturated rings. The minimum Gasteiger partial charge on any atom is -0.493 e. The van der Waals surface area contributed by atoms with Gasteiger partial charge in [0.15, 0.2) is 24.7 Å². The molecule has 0 aliphatic rings. The Labute approximate surface area is 141 Å². The number of hydrogen-bond acceptors (Lipinski definition) is 6. The number of ether oxygens (including phenoxy) is 3. The lowest BCUT2D eigenvalue weighted by Gasteiger charge is -2.27. The molecule has 0 saturated carbocycles. The number of hydrogen-bond donors (Lipinski definition) is 1. The number of methoxy groups -OCH3 is 1. The summed E-state index contributed by atoms with van der Waals surface area (Å²) in [6, 6.07) is 8.91. The number of nitriles is 1. The van der Waals surface area contributed by atoms with Gasteiger partial charge in [0.2, 0.25) is 0 Å². The van der Waals surface area contributed by atoms with Gasteiger partial charge in [0, 0.05) is 0 Å². The van der Waals surface area contributed by atoms with E-state index in [-0.39, 0.29) is 12.5 Å². The Kier molecular flexibility index (Phi) is 7.05. The third kappa shape index (κ3) is 5.47. The van der Waals surface area contributed by atoms with Crippen molar-refractivity contribution in [3.63, 3.8) is 0 Å². The maximum atomic E-state index is 11.8. The van der Waals surface area contributed by atoms with Crippen LogP contribution >= 0.6 is 0 Å². The van der Waals surface area contributed by atoms with Crippen molar-refractivity contribution >= 4 is 11.9 Å². The molecule has 7 nitrogen and oxygen atoms in total. The predicted octanol–water partition coefficient (Wildman–Crippen LogP) is 1.67. The highest BCUT2D eigenvalue weighted by Crippen LogP contribution is 2.25. The fourth-order valence-electron chi connectivity index (χ4n) is 1.69. The lowest BCUT2D eigenvalue weighted by Crippen LogP contribution is -2.50. The molecule has 0 spiro atoms. The molecule has 1 aromatic rings. The number of benzene rings is 1. The van der Waals surface area contributed by atoms with Crippen LogP contribution in [0.5, 0.6) is 11.5 Å². The lowest BCUT2D eigenvalue weighted by molar-refractivity contribution is -0.150. The van der Waals surface area contributed by atoms with Crippen LogP contribution in [0.1, 0.15) is 20.8 Å². The van der Waals surface area contributed by atoms with E-state index in [0.29, 0.717) is 11.5 Å². The molecule has 1 atom stereocenters. The van der Waals surface area contributed by atoms with Crippen molar-refractivity contribution in [2.45, 2.75) is 26.3 Å². The van der Waals surface area contributed by atoms with E-state index in [1.807, 2.05) is 19.9 Å². The van der Waals surface area contributed by atoms with Gasteiger partial charge in [-0.2, -0.15) is 5.26 Å². The molecule has 1 aromatic carbocycles. The molecule has 130 valence electrons. The standard InChI is InChI=1S/C17H22N2O5/c1-12(2)17(3,11-18)19-15(20)9-24-16(21)10-23-14-8-6-5-7-13(14)22-4/h5-8,12H,9-10H2,1-4H3,(H,19,20)/t17-/m1/s1. The molecule has 0 heterocycles. The van der Waals surface area contributed by atoms with Crippen LogP contribution in [-0.4, -0.2) is 37.7 Å². The summed E-state index contributed by atoms with van der Waals surface area (Å²) in [6.45, 7) is 4.42. The SMILES string of the molecule is COc1ccccc1OCC(=O)OCC(=O)N[C@](C)(C#N)C(C)C. The first kappa shape index (κ1) is 19.3. The number of nitrogens with zero attached hydrogens (tertiary/aromatic N) is 1. The molecule has 7 heteroatoms. The molecule has 1 N–H and O–H groups in total. The Morgan fingerprint density at radius 1 is 1.25 bits per heavy atom. The zero-order chi connectivity index (χ0) is 18.2. The van der Waals surface area contributed by atoms with Crippen LogP contribution in [0.25, 0.3) is 0 Å². The van der Waals surface area contributed by atoms with Crippen molar-refractivity contribution in [3.05, 3.63) is 24.3 Å². The van der Waals surface area contributed by atoms with Gasteiger partial charge in [-0.1, -0.05) is 26.0 Å². The Bertz CT molecular complexity index is 624. The summed E-state index contributed by atoms with van der Waals surface area (Å²) in [4.78, 5) is 23.5. The quantitative estimate of drug-likeness (QED) is 0.726. The Morgan fingerprint density at radius 2 is 1.88 bits per heavy atom. The van der Waals surface area contributed by atoms with Gasteiger partial charge in [-0.3, -0.25) is 4.79 Å². The third-order valence-electron chi connectivity index (χ3n) is 3.56. The molecule has 1 rings (SSSR count). The number of esters is 1. The van der Waals surface area contributed by atoms with Crippen molar-refractivity contribution in [2.75, 3.05) is 20.3 Å². The van der Waals surface area contributed by atoms with Crippen LogP contribution in [0.15, 0.2) is 24.3 Å². The number of carbonyl (C=O) groups is 2. The van der Waals surface area contributed by atoms with Gasteiger partial charge >= 0.3 is 5.97 Å². The number of amides is 1. The lowest BCUT2D eigenvalue weighted by atomic mass is 9.90. The predicted molar refractivity (Wildman–Crippen MR) is 86.4 cm³/mol. The molecule has 0 aliphatic heterocycles. The first-order valence-electron chi connectivity index (χ1n) is 7.46. The third-order valence-corrected chi connectivity index (χ3v) is 3.56. The largest absolute Gasteiger partial charge is 0.493 e. The molecule has 0 saturated heterocycles. The van der Waals surface area contributed by atoms with Gasteiger partial charge in [0.05, 0.1) is 13.2 Å². The maximum absolute atomic E-state index is 11.8. The monoisotopic (exact) mass is 334 g/mol. The number of nitrogens with one attached hydrogen (secondary N) is 1. The normalized spacial score (nSPS) is 12.7. The summed E-state index contributed by atoms with van der Waals surface area (Å²) in [5.74, 6) is -0.434. The highest BCUT2D eigenvalue weighted by Gasteiger charge is 2.30.